The molecule has 1 fully saturated rings. The molecule has 2 heterocycles. The Morgan fingerprint density at radius 1 is 1.23 bits per heavy atom. The molecular formula is C18H32IN3O4. The zero-order chi connectivity index (χ0) is 17.6. The number of hydrogen-bond acceptors (Lipinski definition) is 5. The van der Waals surface area contributed by atoms with Crippen molar-refractivity contribution in [2.45, 2.75) is 25.9 Å². The molecule has 1 atom stereocenters. The molecule has 0 aliphatic carbocycles. The summed E-state index contributed by atoms with van der Waals surface area (Å²) in [6, 6.07) is 3.78. The van der Waals surface area contributed by atoms with E-state index in [9.17, 15) is 0 Å². The van der Waals surface area contributed by atoms with Crippen LogP contribution in [0.4, 0.5) is 0 Å². The van der Waals surface area contributed by atoms with E-state index < -0.39 is 0 Å². The molecule has 1 aromatic rings. The summed E-state index contributed by atoms with van der Waals surface area (Å²) in [6.07, 6.45) is 4.65. The Morgan fingerprint density at radius 3 is 2.62 bits per heavy atom. The van der Waals surface area contributed by atoms with Gasteiger partial charge in [0.05, 0.1) is 19.5 Å². The van der Waals surface area contributed by atoms with Gasteiger partial charge in [-0.2, -0.15) is 0 Å². The first-order chi connectivity index (χ1) is 12.4. The highest BCUT2D eigenvalue weighted by Gasteiger charge is 2.15. The maximum absolute atomic E-state index is 5.68. The number of nitrogens with one attached hydrogen (secondary N) is 2. The van der Waals surface area contributed by atoms with Gasteiger partial charge in [-0.05, 0) is 31.4 Å². The van der Waals surface area contributed by atoms with E-state index in [2.05, 4.69) is 15.6 Å². The molecular weight excluding hydrogens is 449 g/mol. The number of guanidine groups is 1. The summed E-state index contributed by atoms with van der Waals surface area (Å²) in [6.45, 7) is 6.17. The second-order valence-electron chi connectivity index (χ2n) is 6.07. The standard InChI is InChI=1S/C18H31N3O4.HI/c1-19-18(20-7-3-9-22-13-16-6-12-24-14-16)21-8-4-10-23-15-17-5-2-11-25-17;/h2,5,11,16H,3-4,6-10,12-15H2,1H3,(H2,19,20,21);1H. The molecule has 0 aromatic carbocycles. The van der Waals surface area contributed by atoms with Crippen LogP contribution in [0, 0.1) is 5.92 Å². The third-order valence-corrected chi connectivity index (χ3v) is 3.94. The van der Waals surface area contributed by atoms with Crippen LogP contribution in [0.25, 0.3) is 0 Å². The summed E-state index contributed by atoms with van der Waals surface area (Å²) >= 11 is 0. The SMILES string of the molecule is CN=C(NCCCOCc1ccco1)NCCCOCC1CCOC1.I. The van der Waals surface area contributed by atoms with Gasteiger partial charge < -0.3 is 29.3 Å². The summed E-state index contributed by atoms with van der Waals surface area (Å²) in [7, 11) is 1.78. The van der Waals surface area contributed by atoms with Crippen LogP contribution >= 0.6 is 24.0 Å². The molecule has 1 saturated heterocycles. The predicted molar refractivity (Wildman–Crippen MR) is 112 cm³/mol. The van der Waals surface area contributed by atoms with Crippen molar-refractivity contribution in [3.63, 3.8) is 0 Å². The molecule has 0 bridgehead atoms. The minimum absolute atomic E-state index is 0. The van der Waals surface area contributed by atoms with Crippen molar-refractivity contribution in [1.82, 2.24) is 10.6 Å². The third-order valence-electron chi connectivity index (χ3n) is 3.94. The fraction of sp³-hybridized carbons (Fsp3) is 0.722. The smallest absolute Gasteiger partial charge is 0.190 e. The number of ether oxygens (including phenoxy) is 3. The first kappa shape index (κ1) is 23.2. The van der Waals surface area contributed by atoms with Crippen LogP contribution in [0.15, 0.2) is 27.8 Å². The summed E-state index contributed by atoms with van der Waals surface area (Å²) in [5, 5.41) is 6.57. The van der Waals surface area contributed by atoms with E-state index >= 15 is 0 Å². The topological polar surface area (TPSA) is 77.3 Å². The molecule has 26 heavy (non-hydrogen) atoms. The number of halogens is 1. The summed E-state index contributed by atoms with van der Waals surface area (Å²) < 4.78 is 21.8. The van der Waals surface area contributed by atoms with E-state index in [1.165, 1.54) is 0 Å². The van der Waals surface area contributed by atoms with Crippen LogP contribution in [0.3, 0.4) is 0 Å². The summed E-state index contributed by atoms with van der Waals surface area (Å²) in [5.41, 5.74) is 0. The second kappa shape index (κ2) is 15.2. The van der Waals surface area contributed by atoms with Gasteiger partial charge in [0.2, 0.25) is 0 Å². The van der Waals surface area contributed by atoms with E-state index in [4.69, 9.17) is 18.6 Å². The fourth-order valence-electron chi connectivity index (χ4n) is 2.51. The van der Waals surface area contributed by atoms with Crippen molar-refractivity contribution in [2.24, 2.45) is 10.9 Å². The fourth-order valence-corrected chi connectivity index (χ4v) is 2.51. The van der Waals surface area contributed by atoms with Gasteiger partial charge in [0, 0.05) is 45.9 Å². The highest BCUT2D eigenvalue weighted by atomic mass is 127. The summed E-state index contributed by atoms with van der Waals surface area (Å²) in [5.74, 6) is 2.25. The predicted octanol–water partition coefficient (Wildman–Crippen LogP) is 2.41. The number of aliphatic imine (C=N–C) groups is 1. The van der Waals surface area contributed by atoms with Crippen molar-refractivity contribution in [1.29, 1.82) is 0 Å². The van der Waals surface area contributed by atoms with Crippen LogP contribution in [0.1, 0.15) is 25.0 Å². The minimum atomic E-state index is 0. The molecule has 1 unspecified atom stereocenters. The Labute approximate surface area is 173 Å². The normalized spacial score (nSPS) is 17.1. The van der Waals surface area contributed by atoms with Crippen LogP contribution in [-0.2, 0) is 20.8 Å². The lowest BCUT2D eigenvalue weighted by molar-refractivity contribution is 0.0888. The van der Waals surface area contributed by atoms with E-state index in [1.807, 2.05) is 12.1 Å². The van der Waals surface area contributed by atoms with Crippen molar-refractivity contribution in [3.05, 3.63) is 24.2 Å². The second-order valence-corrected chi connectivity index (χ2v) is 6.07. The monoisotopic (exact) mass is 481 g/mol. The van der Waals surface area contributed by atoms with Gasteiger partial charge in [-0.1, -0.05) is 0 Å². The maximum atomic E-state index is 5.68. The molecule has 2 N–H and O–H groups in total. The molecule has 8 heteroatoms. The van der Waals surface area contributed by atoms with E-state index in [-0.39, 0.29) is 24.0 Å². The van der Waals surface area contributed by atoms with Gasteiger partial charge in [0.1, 0.15) is 12.4 Å². The van der Waals surface area contributed by atoms with Gasteiger partial charge in [-0.15, -0.1) is 24.0 Å². The maximum Gasteiger partial charge on any atom is 0.190 e. The van der Waals surface area contributed by atoms with Gasteiger partial charge in [0.25, 0.3) is 0 Å². The zero-order valence-electron chi connectivity index (χ0n) is 15.6. The third kappa shape index (κ3) is 10.3. The van der Waals surface area contributed by atoms with E-state index in [1.54, 1.807) is 13.3 Å². The molecule has 0 radical (unpaired) electrons. The number of furan rings is 1. The van der Waals surface area contributed by atoms with Crippen molar-refractivity contribution < 1.29 is 18.6 Å². The molecule has 0 spiro atoms. The highest BCUT2D eigenvalue weighted by Crippen LogP contribution is 2.12. The Bertz CT molecular complexity index is 465. The van der Waals surface area contributed by atoms with Crippen LogP contribution in [0.5, 0.6) is 0 Å². The molecule has 0 amide bonds. The van der Waals surface area contributed by atoms with Gasteiger partial charge in [-0.3, -0.25) is 4.99 Å². The zero-order valence-corrected chi connectivity index (χ0v) is 17.9. The lowest BCUT2D eigenvalue weighted by Crippen LogP contribution is -2.38. The average molecular weight is 481 g/mol. The molecule has 150 valence electrons. The Kier molecular flexibility index (Phi) is 13.6. The van der Waals surface area contributed by atoms with Crippen molar-refractivity contribution in [2.75, 3.05) is 53.2 Å². The van der Waals surface area contributed by atoms with E-state index in [0.717, 1.165) is 70.5 Å². The summed E-state index contributed by atoms with van der Waals surface area (Å²) in [4.78, 5) is 4.21. The number of nitrogens with zero attached hydrogens (tertiary/aromatic N) is 1. The molecule has 7 nitrogen and oxygen atoms in total. The lowest BCUT2D eigenvalue weighted by atomic mass is 10.1. The van der Waals surface area contributed by atoms with Crippen LogP contribution in [0.2, 0.25) is 0 Å². The van der Waals surface area contributed by atoms with Gasteiger partial charge in [0.15, 0.2) is 5.96 Å². The Balaban J connectivity index is 0.00000338. The van der Waals surface area contributed by atoms with Crippen molar-refractivity contribution in [3.8, 4) is 0 Å². The van der Waals surface area contributed by atoms with Gasteiger partial charge >= 0.3 is 0 Å². The van der Waals surface area contributed by atoms with Gasteiger partial charge in [-0.25, -0.2) is 0 Å². The number of hydrogen-bond donors (Lipinski definition) is 2. The quantitative estimate of drug-likeness (QED) is 0.207. The Morgan fingerprint density at radius 2 is 2.00 bits per heavy atom. The van der Waals surface area contributed by atoms with Crippen molar-refractivity contribution >= 4 is 29.9 Å². The highest BCUT2D eigenvalue weighted by molar-refractivity contribution is 14.0. The molecule has 2 rings (SSSR count). The Hall–Kier alpha value is -0.840. The first-order valence-corrected chi connectivity index (χ1v) is 9.08. The van der Waals surface area contributed by atoms with Crippen LogP contribution < -0.4 is 10.6 Å². The molecule has 1 aromatic heterocycles. The first-order valence-electron chi connectivity index (χ1n) is 9.08. The van der Waals surface area contributed by atoms with E-state index in [0.29, 0.717) is 19.1 Å². The minimum Gasteiger partial charge on any atom is -0.467 e. The molecule has 1 aliphatic rings. The lowest BCUT2D eigenvalue weighted by Gasteiger charge is -2.12. The largest absolute Gasteiger partial charge is 0.467 e. The molecule has 0 saturated carbocycles. The number of rotatable bonds is 12. The average Bonchev–Trinajstić information content (AvgIpc) is 3.32. The van der Waals surface area contributed by atoms with Crippen LogP contribution in [-0.4, -0.2) is 59.1 Å². The molecule has 1 aliphatic heterocycles.